The van der Waals surface area contributed by atoms with Gasteiger partial charge in [-0.1, -0.05) is 35.7 Å². The molecule has 1 aliphatic rings. The number of halogens is 2. The quantitative estimate of drug-likeness (QED) is 0.706. The van der Waals surface area contributed by atoms with Crippen LogP contribution in [0.4, 0.5) is 5.69 Å². The molecule has 1 aromatic carbocycles. The Morgan fingerprint density at radius 1 is 1.00 bits per heavy atom. The lowest BCUT2D eigenvalue weighted by atomic mass is 10.2. The van der Waals surface area contributed by atoms with Gasteiger partial charge >= 0.3 is 0 Å². The number of piperidine rings is 1. The summed E-state index contributed by atoms with van der Waals surface area (Å²) in [5, 5.41) is 0. The number of nitrogens with zero attached hydrogens (tertiary/aromatic N) is 1. The highest BCUT2D eigenvalue weighted by molar-refractivity contribution is 7.93. The molecular weight excluding hydrogens is 451 g/mol. The summed E-state index contributed by atoms with van der Waals surface area (Å²) in [7, 11) is -7.67. The second kappa shape index (κ2) is 7.88. The van der Waals surface area contributed by atoms with Gasteiger partial charge in [-0.25, -0.2) is 16.8 Å². The number of hydrogen-bond donors (Lipinski definition) is 1. The first-order valence-electron chi connectivity index (χ1n) is 8.20. The third-order valence-electron chi connectivity index (χ3n) is 4.29. The number of rotatable bonds is 5. The molecule has 148 valence electrons. The molecule has 0 amide bonds. The van der Waals surface area contributed by atoms with E-state index in [1.54, 1.807) is 13.0 Å². The van der Waals surface area contributed by atoms with Crippen LogP contribution in [0, 0.1) is 6.92 Å². The van der Waals surface area contributed by atoms with E-state index in [2.05, 4.69) is 4.72 Å². The molecule has 2 heterocycles. The van der Waals surface area contributed by atoms with Gasteiger partial charge in [-0.05, 0) is 43.5 Å². The van der Waals surface area contributed by atoms with Crippen molar-refractivity contribution in [3.63, 3.8) is 0 Å². The molecule has 2 aromatic rings. The molecule has 1 fully saturated rings. The minimum atomic E-state index is -3.99. The van der Waals surface area contributed by atoms with Crippen LogP contribution in [0.1, 0.15) is 24.8 Å². The summed E-state index contributed by atoms with van der Waals surface area (Å²) >= 11 is 12.7. The second-order valence-electron chi connectivity index (χ2n) is 6.24. The van der Waals surface area contributed by atoms with E-state index in [1.165, 1.54) is 22.5 Å². The molecular formula is C16H18Cl2N2O4S3. The topological polar surface area (TPSA) is 83.5 Å². The van der Waals surface area contributed by atoms with Gasteiger partial charge < -0.3 is 0 Å². The van der Waals surface area contributed by atoms with Crippen molar-refractivity contribution in [2.24, 2.45) is 0 Å². The molecule has 0 unspecified atom stereocenters. The van der Waals surface area contributed by atoms with Gasteiger partial charge in [0.2, 0.25) is 10.0 Å². The van der Waals surface area contributed by atoms with Crippen LogP contribution < -0.4 is 4.72 Å². The molecule has 3 rings (SSSR count). The second-order valence-corrected chi connectivity index (χ2v) is 12.1. The Morgan fingerprint density at radius 2 is 1.67 bits per heavy atom. The summed E-state index contributed by atoms with van der Waals surface area (Å²) in [6.45, 7) is 2.63. The third kappa shape index (κ3) is 4.44. The smallest absolute Gasteiger partial charge is 0.264 e. The van der Waals surface area contributed by atoms with E-state index in [9.17, 15) is 16.8 Å². The maximum atomic E-state index is 13.0. The standard InChI is InChI=1S/C16H18Cl2N2O4S3/c1-11-5-6-12(19-26(21,22)14-10-15(17)25-16(14)18)9-13(11)27(23,24)20-7-3-2-4-8-20/h5-6,9-10,19H,2-4,7-8H2,1H3. The summed E-state index contributed by atoms with van der Waals surface area (Å²) in [5.74, 6) is 0. The number of thiophene rings is 1. The number of aryl methyl sites for hydroxylation is 1. The van der Waals surface area contributed by atoms with Gasteiger partial charge in [0.05, 0.1) is 14.9 Å². The monoisotopic (exact) mass is 468 g/mol. The minimum absolute atomic E-state index is 0.0424. The van der Waals surface area contributed by atoms with E-state index in [-0.39, 0.29) is 24.2 Å². The molecule has 0 bridgehead atoms. The molecule has 0 radical (unpaired) electrons. The molecule has 1 aliphatic heterocycles. The Morgan fingerprint density at radius 3 is 2.26 bits per heavy atom. The maximum Gasteiger partial charge on any atom is 0.264 e. The lowest BCUT2D eigenvalue weighted by Crippen LogP contribution is -2.36. The Bertz CT molecular complexity index is 1060. The number of nitrogens with one attached hydrogen (secondary N) is 1. The van der Waals surface area contributed by atoms with Crippen molar-refractivity contribution in [3.8, 4) is 0 Å². The van der Waals surface area contributed by atoms with Gasteiger partial charge in [0, 0.05) is 13.1 Å². The van der Waals surface area contributed by atoms with Crippen molar-refractivity contribution < 1.29 is 16.8 Å². The van der Waals surface area contributed by atoms with Crippen molar-refractivity contribution in [3.05, 3.63) is 38.5 Å². The Kier molecular flexibility index (Phi) is 6.10. The lowest BCUT2D eigenvalue weighted by Gasteiger charge is -2.26. The fourth-order valence-corrected chi connectivity index (χ4v) is 7.87. The molecule has 1 aromatic heterocycles. The Balaban J connectivity index is 1.95. The highest BCUT2D eigenvalue weighted by Crippen LogP contribution is 2.35. The van der Waals surface area contributed by atoms with Crippen LogP contribution in [0.15, 0.2) is 34.1 Å². The first kappa shape index (κ1) is 20.9. The van der Waals surface area contributed by atoms with Crippen LogP contribution in [0.2, 0.25) is 8.67 Å². The summed E-state index contributed by atoms with van der Waals surface area (Å²) in [5.41, 5.74) is 0.703. The molecule has 0 aliphatic carbocycles. The van der Waals surface area contributed by atoms with E-state index in [0.29, 0.717) is 18.7 Å². The molecule has 1 N–H and O–H groups in total. The van der Waals surface area contributed by atoms with E-state index in [0.717, 1.165) is 30.6 Å². The first-order valence-corrected chi connectivity index (χ1v) is 12.7. The zero-order valence-electron chi connectivity index (χ0n) is 14.4. The summed E-state index contributed by atoms with van der Waals surface area (Å²) < 4.78 is 55.2. The third-order valence-corrected chi connectivity index (χ3v) is 9.46. The van der Waals surface area contributed by atoms with E-state index >= 15 is 0 Å². The van der Waals surface area contributed by atoms with Crippen molar-refractivity contribution in [1.29, 1.82) is 0 Å². The van der Waals surface area contributed by atoms with Gasteiger partial charge in [-0.3, -0.25) is 4.72 Å². The largest absolute Gasteiger partial charge is 0.280 e. The molecule has 0 atom stereocenters. The molecule has 0 saturated carbocycles. The number of hydrogen-bond acceptors (Lipinski definition) is 5. The van der Waals surface area contributed by atoms with E-state index in [1.807, 2.05) is 0 Å². The molecule has 0 spiro atoms. The molecule has 11 heteroatoms. The van der Waals surface area contributed by atoms with Gasteiger partial charge in [0.15, 0.2) is 0 Å². The van der Waals surface area contributed by atoms with E-state index in [4.69, 9.17) is 23.2 Å². The predicted octanol–water partition coefficient (Wildman–Crippen LogP) is 4.34. The Labute approximate surface area is 173 Å². The molecule has 27 heavy (non-hydrogen) atoms. The average molecular weight is 469 g/mol. The highest BCUT2D eigenvalue weighted by Gasteiger charge is 2.28. The van der Waals surface area contributed by atoms with Crippen molar-refractivity contribution in [1.82, 2.24) is 4.31 Å². The number of benzene rings is 1. The molecule has 1 saturated heterocycles. The normalized spacial score (nSPS) is 16.4. The van der Waals surface area contributed by atoms with Crippen LogP contribution in [-0.4, -0.2) is 34.2 Å². The van der Waals surface area contributed by atoms with Gasteiger partial charge in [0.25, 0.3) is 10.0 Å². The number of sulfonamides is 2. The fraction of sp³-hybridized carbons (Fsp3) is 0.375. The minimum Gasteiger partial charge on any atom is -0.280 e. The van der Waals surface area contributed by atoms with Gasteiger partial charge in [-0.15, -0.1) is 11.3 Å². The highest BCUT2D eigenvalue weighted by atomic mass is 35.5. The number of anilines is 1. The average Bonchev–Trinajstić information content (AvgIpc) is 2.96. The first-order chi connectivity index (χ1) is 12.6. The van der Waals surface area contributed by atoms with Crippen molar-refractivity contribution >= 4 is 60.3 Å². The van der Waals surface area contributed by atoms with Crippen molar-refractivity contribution in [2.75, 3.05) is 17.8 Å². The van der Waals surface area contributed by atoms with Crippen LogP contribution in [-0.2, 0) is 20.0 Å². The maximum absolute atomic E-state index is 13.0. The lowest BCUT2D eigenvalue weighted by molar-refractivity contribution is 0.346. The summed E-state index contributed by atoms with van der Waals surface area (Å²) in [4.78, 5) is -0.0424. The van der Waals surface area contributed by atoms with Crippen LogP contribution in [0.5, 0.6) is 0 Å². The van der Waals surface area contributed by atoms with Crippen LogP contribution >= 0.6 is 34.5 Å². The van der Waals surface area contributed by atoms with Gasteiger partial charge in [-0.2, -0.15) is 4.31 Å². The van der Waals surface area contributed by atoms with Crippen LogP contribution in [0.25, 0.3) is 0 Å². The van der Waals surface area contributed by atoms with Crippen molar-refractivity contribution in [2.45, 2.75) is 36.0 Å². The SMILES string of the molecule is Cc1ccc(NS(=O)(=O)c2cc(Cl)sc2Cl)cc1S(=O)(=O)N1CCCCC1. The fourth-order valence-electron chi connectivity index (χ4n) is 2.90. The Hall–Kier alpha value is -0.840. The van der Waals surface area contributed by atoms with E-state index < -0.39 is 20.0 Å². The predicted molar refractivity (Wildman–Crippen MR) is 109 cm³/mol. The van der Waals surface area contributed by atoms with Gasteiger partial charge in [0.1, 0.15) is 9.23 Å². The molecule has 6 nitrogen and oxygen atoms in total. The zero-order valence-corrected chi connectivity index (χ0v) is 18.4. The summed E-state index contributed by atoms with van der Waals surface area (Å²) in [6.07, 6.45) is 2.65. The van der Waals surface area contributed by atoms with Crippen LogP contribution in [0.3, 0.4) is 0 Å². The zero-order chi connectivity index (χ0) is 19.8. The summed E-state index contributed by atoms with van der Waals surface area (Å²) in [6, 6.07) is 5.70.